The summed E-state index contributed by atoms with van der Waals surface area (Å²) < 4.78 is 81.5. The van der Waals surface area contributed by atoms with E-state index in [9.17, 15) is 26.3 Å². The number of dihydropyridines is 1. The fraction of sp³-hybridized carbons (Fsp3) is 0.500. The quantitative estimate of drug-likeness (QED) is 0.464. The minimum atomic E-state index is -4.61. The van der Waals surface area contributed by atoms with Crippen LogP contribution in [-0.4, -0.2) is 53.0 Å². The number of halogens is 6. The molecule has 14 heteroatoms. The number of fused-ring (bicyclic) bond motifs is 1. The third-order valence-corrected chi connectivity index (χ3v) is 7.29. The molecule has 5 rings (SSSR count). The van der Waals surface area contributed by atoms with Gasteiger partial charge in [0.25, 0.3) is 0 Å². The van der Waals surface area contributed by atoms with E-state index in [2.05, 4.69) is 20.5 Å². The summed E-state index contributed by atoms with van der Waals surface area (Å²) >= 11 is 0. The monoisotopic (exact) mass is 568 g/mol. The van der Waals surface area contributed by atoms with Crippen LogP contribution in [0.4, 0.5) is 43.9 Å². The fourth-order valence-corrected chi connectivity index (χ4v) is 5.32. The Bertz CT molecular complexity index is 1310. The third kappa shape index (κ3) is 5.81. The first-order chi connectivity index (χ1) is 18.8. The number of rotatable bonds is 4. The average molecular weight is 569 g/mol. The lowest BCUT2D eigenvalue weighted by atomic mass is 9.98. The predicted octanol–water partition coefficient (Wildman–Crippen LogP) is 4.51. The van der Waals surface area contributed by atoms with Crippen LogP contribution < -0.4 is 26.2 Å². The van der Waals surface area contributed by atoms with Crippen LogP contribution in [0.5, 0.6) is 0 Å². The van der Waals surface area contributed by atoms with Crippen molar-refractivity contribution in [1.82, 2.24) is 20.3 Å². The fourth-order valence-electron chi connectivity index (χ4n) is 5.32. The molecule has 0 aliphatic carbocycles. The lowest BCUT2D eigenvalue weighted by Crippen LogP contribution is -2.57. The average Bonchev–Trinajstić information content (AvgIpc) is 3.10. The molecule has 3 aliphatic rings. The number of allylic oxidation sites excluding steroid dienone is 2. The zero-order valence-corrected chi connectivity index (χ0v) is 21.8. The van der Waals surface area contributed by atoms with Gasteiger partial charge >= 0.3 is 12.4 Å². The highest BCUT2D eigenvalue weighted by molar-refractivity contribution is 5.58. The van der Waals surface area contributed by atoms with Gasteiger partial charge in [0, 0.05) is 44.4 Å². The zero-order chi connectivity index (χ0) is 28.7. The molecule has 216 valence electrons. The number of anilines is 3. The summed E-state index contributed by atoms with van der Waals surface area (Å²) in [6.07, 6.45) is -2.01. The van der Waals surface area contributed by atoms with Gasteiger partial charge in [-0.3, -0.25) is 0 Å². The van der Waals surface area contributed by atoms with Crippen molar-refractivity contribution in [3.05, 3.63) is 58.7 Å². The summed E-state index contributed by atoms with van der Waals surface area (Å²) in [6, 6.07) is 2.27. The molecular formula is C26H30F6N8. The van der Waals surface area contributed by atoms with Gasteiger partial charge in [-0.15, -0.1) is 0 Å². The number of hydrogen-bond donors (Lipinski definition) is 3. The largest absolute Gasteiger partial charge is 0.419 e. The van der Waals surface area contributed by atoms with E-state index < -0.39 is 29.2 Å². The molecule has 1 unspecified atom stereocenters. The first-order valence-corrected chi connectivity index (χ1v) is 13.1. The summed E-state index contributed by atoms with van der Waals surface area (Å²) in [6.45, 7) is 3.21. The van der Waals surface area contributed by atoms with Gasteiger partial charge in [-0.2, -0.15) is 31.3 Å². The molecule has 1 atom stereocenters. The second-order valence-corrected chi connectivity index (χ2v) is 10.3. The molecule has 5 heterocycles. The number of pyridine rings is 1. The first kappa shape index (κ1) is 28.0. The Labute approximate surface area is 227 Å². The standard InChI is InChI=1S/C26H30F6N8/c1-24(33)19(26(30,31)32)7-8-20(38-24)36-21-16-9-14-39(22-17(25(27,28)29)6-5-11-34-22)15-10-18(16)35-23(37-21)40-12-3-2-4-13-40/h5-8,11,38H,2-4,9-10,12-15,33H2,1H3,(H,35,36,37). The van der Waals surface area contributed by atoms with Crippen molar-refractivity contribution in [3.8, 4) is 0 Å². The first-order valence-electron chi connectivity index (χ1n) is 13.1. The van der Waals surface area contributed by atoms with E-state index in [0.29, 0.717) is 35.9 Å². The Morgan fingerprint density at radius 2 is 1.65 bits per heavy atom. The second-order valence-electron chi connectivity index (χ2n) is 10.3. The van der Waals surface area contributed by atoms with Gasteiger partial charge < -0.3 is 26.2 Å². The van der Waals surface area contributed by atoms with E-state index in [1.54, 1.807) is 4.90 Å². The Morgan fingerprint density at radius 1 is 0.925 bits per heavy atom. The second kappa shape index (κ2) is 10.5. The molecule has 0 saturated carbocycles. The number of aromatic nitrogens is 3. The van der Waals surface area contributed by atoms with Crippen LogP contribution in [-0.2, 0) is 19.0 Å². The molecule has 8 nitrogen and oxygen atoms in total. The molecule has 4 N–H and O–H groups in total. The SMILES string of the molecule is CC1(N)NC(Nc2nc(N3CCCCC3)nc3c2CCN(c2ncccc2C(F)(F)F)CC3)=CC=C1C(F)(F)F. The number of alkyl halides is 6. The minimum Gasteiger partial charge on any atom is -0.355 e. The van der Waals surface area contributed by atoms with Crippen molar-refractivity contribution >= 4 is 17.6 Å². The van der Waals surface area contributed by atoms with Gasteiger partial charge in [0.2, 0.25) is 5.95 Å². The van der Waals surface area contributed by atoms with Gasteiger partial charge in [0.15, 0.2) is 0 Å². The number of piperidine rings is 1. The highest BCUT2D eigenvalue weighted by atomic mass is 19.4. The van der Waals surface area contributed by atoms with Crippen molar-refractivity contribution < 1.29 is 26.3 Å². The van der Waals surface area contributed by atoms with Crippen molar-refractivity contribution in [2.45, 2.75) is 57.0 Å². The summed E-state index contributed by atoms with van der Waals surface area (Å²) in [7, 11) is 0. The Hall–Kier alpha value is -3.55. The van der Waals surface area contributed by atoms with Crippen molar-refractivity contribution in [2.75, 3.05) is 41.3 Å². The molecule has 0 amide bonds. The van der Waals surface area contributed by atoms with Crippen molar-refractivity contribution in [3.63, 3.8) is 0 Å². The smallest absolute Gasteiger partial charge is 0.355 e. The lowest BCUT2D eigenvalue weighted by Gasteiger charge is -2.35. The normalized spacial score (nSPS) is 22.1. The van der Waals surface area contributed by atoms with Gasteiger partial charge in [-0.1, -0.05) is 0 Å². The highest BCUT2D eigenvalue weighted by Crippen LogP contribution is 2.37. The van der Waals surface area contributed by atoms with Crippen LogP contribution in [0.15, 0.2) is 41.9 Å². The maximum absolute atomic E-state index is 13.7. The summed E-state index contributed by atoms with van der Waals surface area (Å²) in [4.78, 5) is 17.2. The molecule has 40 heavy (non-hydrogen) atoms. The van der Waals surface area contributed by atoms with Crippen LogP contribution in [0.3, 0.4) is 0 Å². The molecule has 3 aliphatic heterocycles. The molecule has 0 bridgehead atoms. The van der Waals surface area contributed by atoms with Crippen LogP contribution in [0.25, 0.3) is 0 Å². The van der Waals surface area contributed by atoms with Gasteiger partial charge in [-0.05, 0) is 56.9 Å². The topological polar surface area (TPSA) is 95.2 Å². The maximum atomic E-state index is 13.7. The van der Waals surface area contributed by atoms with E-state index >= 15 is 0 Å². The van der Waals surface area contributed by atoms with E-state index in [-0.39, 0.29) is 24.7 Å². The Balaban J connectivity index is 1.49. The highest BCUT2D eigenvalue weighted by Gasteiger charge is 2.45. The van der Waals surface area contributed by atoms with Gasteiger partial charge in [0.05, 0.1) is 16.8 Å². The Morgan fingerprint density at radius 3 is 2.33 bits per heavy atom. The minimum absolute atomic E-state index is 0.151. The van der Waals surface area contributed by atoms with Gasteiger partial charge in [-0.25, -0.2) is 9.97 Å². The molecule has 1 saturated heterocycles. The molecule has 0 aromatic carbocycles. The van der Waals surface area contributed by atoms with Crippen LogP contribution in [0.2, 0.25) is 0 Å². The van der Waals surface area contributed by atoms with E-state index in [0.717, 1.165) is 44.5 Å². The summed E-state index contributed by atoms with van der Waals surface area (Å²) in [5, 5.41) is 5.80. The number of nitrogens with zero attached hydrogens (tertiary/aromatic N) is 5. The molecule has 1 fully saturated rings. The van der Waals surface area contributed by atoms with Gasteiger partial charge in [0.1, 0.15) is 23.1 Å². The molecule has 2 aromatic heterocycles. The van der Waals surface area contributed by atoms with Crippen LogP contribution >= 0.6 is 0 Å². The van der Waals surface area contributed by atoms with E-state index in [1.807, 2.05) is 0 Å². The molecule has 0 spiro atoms. The summed E-state index contributed by atoms with van der Waals surface area (Å²) in [5.74, 6) is 0.917. The van der Waals surface area contributed by atoms with Crippen molar-refractivity contribution in [2.24, 2.45) is 5.73 Å². The zero-order valence-electron chi connectivity index (χ0n) is 21.8. The number of hydrogen-bond acceptors (Lipinski definition) is 8. The molecular weight excluding hydrogens is 538 g/mol. The predicted molar refractivity (Wildman–Crippen MR) is 139 cm³/mol. The lowest BCUT2D eigenvalue weighted by molar-refractivity contribution is -0.137. The number of nitrogens with one attached hydrogen (secondary N) is 2. The third-order valence-electron chi connectivity index (χ3n) is 7.29. The maximum Gasteiger partial charge on any atom is 0.419 e. The summed E-state index contributed by atoms with van der Waals surface area (Å²) in [5.41, 5.74) is 3.69. The van der Waals surface area contributed by atoms with Crippen LogP contribution in [0.1, 0.15) is 43.0 Å². The number of nitrogens with two attached hydrogens (primary N) is 1. The van der Waals surface area contributed by atoms with Crippen molar-refractivity contribution in [1.29, 1.82) is 0 Å². The van der Waals surface area contributed by atoms with Crippen LogP contribution in [0, 0.1) is 0 Å². The molecule has 0 radical (unpaired) electrons. The Kier molecular flexibility index (Phi) is 7.31. The van der Waals surface area contributed by atoms with E-state index in [1.165, 1.54) is 25.3 Å². The molecule has 2 aromatic rings. The van der Waals surface area contributed by atoms with E-state index in [4.69, 9.17) is 15.7 Å².